The van der Waals surface area contributed by atoms with Crippen LogP contribution in [0.2, 0.25) is 0 Å². The Labute approximate surface area is 154 Å². The van der Waals surface area contributed by atoms with E-state index in [1.165, 1.54) is 0 Å². The third-order valence-corrected chi connectivity index (χ3v) is 7.66. The van der Waals surface area contributed by atoms with Crippen LogP contribution in [0.4, 0.5) is 0 Å². The van der Waals surface area contributed by atoms with Gasteiger partial charge in [0.05, 0.1) is 25.0 Å². The Kier molecular flexibility index (Phi) is 9.09. The molecule has 2 rings (SSSR count). The zero-order chi connectivity index (χ0) is 18.1. The van der Waals surface area contributed by atoms with Crippen LogP contribution in [0.15, 0.2) is 0 Å². The second-order valence-electron chi connectivity index (χ2n) is 6.64. The zero-order valence-electron chi connectivity index (χ0n) is 14.6. The Balaban J connectivity index is 1.45. The molecule has 0 aromatic rings. The fraction of sp³-hybridized carbons (Fsp3) is 0.882. The minimum atomic E-state index is -0.908. The van der Waals surface area contributed by atoms with Gasteiger partial charge in [-0.3, -0.25) is 18.0 Å². The van der Waals surface area contributed by atoms with Crippen LogP contribution in [-0.2, 0) is 40.7 Å². The van der Waals surface area contributed by atoms with Crippen LogP contribution in [0, 0.1) is 11.8 Å². The van der Waals surface area contributed by atoms with Gasteiger partial charge in [0, 0.05) is 44.6 Å². The molecule has 144 valence electrons. The molecule has 8 heteroatoms. The van der Waals surface area contributed by atoms with Crippen LogP contribution in [0.1, 0.15) is 44.9 Å². The van der Waals surface area contributed by atoms with Crippen molar-refractivity contribution in [2.75, 3.05) is 36.2 Å². The summed E-state index contributed by atoms with van der Waals surface area (Å²) < 4.78 is 33.7. The van der Waals surface area contributed by atoms with Crippen LogP contribution < -0.4 is 0 Å². The normalized spacial score (nSPS) is 25.6. The summed E-state index contributed by atoms with van der Waals surface area (Å²) in [5.41, 5.74) is 0. The van der Waals surface area contributed by atoms with E-state index < -0.39 is 21.6 Å². The lowest BCUT2D eigenvalue weighted by Crippen LogP contribution is -2.12. The standard InChI is InChI=1S/C17H28O6S2/c18-16-14(6-8-22-16)4-1-10-24(20)12-3-13-25(21)11-2-5-15-7-9-23-17(15)19/h14-15H,1-13H2. The summed E-state index contributed by atoms with van der Waals surface area (Å²) in [4.78, 5) is 22.7. The molecule has 0 bridgehead atoms. The van der Waals surface area contributed by atoms with Crippen molar-refractivity contribution in [1.82, 2.24) is 0 Å². The molecule has 0 aliphatic carbocycles. The Bertz CT molecular complexity index is 463. The molecular formula is C17H28O6S2. The monoisotopic (exact) mass is 392 g/mol. The van der Waals surface area contributed by atoms with Crippen LogP contribution in [0.3, 0.4) is 0 Å². The van der Waals surface area contributed by atoms with E-state index in [9.17, 15) is 18.0 Å². The van der Waals surface area contributed by atoms with Crippen molar-refractivity contribution in [3.05, 3.63) is 0 Å². The van der Waals surface area contributed by atoms with Crippen LogP contribution >= 0.6 is 0 Å². The van der Waals surface area contributed by atoms with Crippen molar-refractivity contribution >= 4 is 33.5 Å². The summed E-state index contributed by atoms with van der Waals surface area (Å²) in [5.74, 6) is 2.06. The fourth-order valence-electron chi connectivity index (χ4n) is 3.17. The van der Waals surface area contributed by atoms with Crippen LogP contribution in [0.25, 0.3) is 0 Å². The van der Waals surface area contributed by atoms with E-state index in [0.717, 1.165) is 38.5 Å². The van der Waals surface area contributed by atoms with Gasteiger partial charge in [0.25, 0.3) is 0 Å². The Hall–Kier alpha value is -0.760. The average molecular weight is 393 g/mol. The number of ether oxygens (including phenoxy) is 2. The molecule has 2 aliphatic rings. The second-order valence-corrected chi connectivity index (χ2v) is 10.0. The lowest BCUT2D eigenvalue weighted by Gasteiger charge is -2.07. The van der Waals surface area contributed by atoms with Crippen molar-refractivity contribution in [2.45, 2.75) is 44.9 Å². The summed E-state index contributed by atoms with van der Waals surface area (Å²) in [6, 6.07) is 0. The molecule has 0 N–H and O–H groups in total. The molecule has 0 saturated carbocycles. The summed E-state index contributed by atoms with van der Waals surface area (Å²) in [7, 11) is -1.82. The molecule has 4 unspecified atom stereocenters. The maximum absolute atomic E-state index is 11.9. The molecule has 2 heterocycles. The number of cyclic esters (lactones) is 2. The van der Waals surface area contributed by atoms with Gasteiger partial charge in [-0.1, -0.05) is 0 Å². The van der Waals surface area contributed by atoms with Gasteiger partial charge in [0.2, 0.25) is 0 Å². The first-order chi connectivity index (χ1) is 12.1. The number of hydrogen-bond donors (Lipinski definition) is 0. The summed E-state index contributed by atoms with van der Waals surface area (Å²) in [6.45, 7) is 1.03. The zero-order valence-corrected chi connectivity index (χ0v) is 16.2. The molecule has 0 radical (unpaired) electrons. The Morgan fingerprint density at radius 3 is 1.48 bits per heavy atom. The minimum Gasteiger partial charge on any atom is -0.465 e. The maximum atomic E-state index is 11.9. The van der Waals surface area contributed by atoms with E-state index in [1.807, 2.05) is 0 Å². The van der Waals surface area contributed by atoms with Crippen molar-refractivity contribution in [3.63, 3.8) is 0 Å². The highest BCUT2D eigenvalue weighted by molar-refractivity contribution is 7.85. The highest BCUT2D eigenvalue weighted by atomic mass is 32.2. The average Bonchev–Trinajstić information content (AvgIpc) is 3.16. The topological polar surface area (TPSA) is 86.7 Å². The molecule has 0 aromatic heterocycles. The highest BCUT2D eigenvalue weighted by Crippen LogP contribution is 2.20. The molecule has 4 atom stereocenters. The van der Waals surface area contributed by atoms with E-state index in [4.69, 9.17) is 9.47 Å². The minimum absolute atomic E-state index is 0.0124. The van der Waals surface area contributed by atoms with E-state index in [1.54, 1.807) is 0 Å². The first kappa shape index (κ1) is 20.6. The molecule has 2 saturated heterocycles. The lowest BCUT2D eigenvalue weighted by molar-refractivity contribution is -0.142. The summed E-state index contributed by atoms with van der Waals surface area (Å²) >= 11 is 0. The third kappa shape index (κ3) is 7.56. The number of carbonyl (C=O) groups excluding carboxylic acids is 2. The van der Waals surface area contributed by atoms with Crippen LogP contribution in [0.5, 0.6) is 0 Å². The van der Waals surface area contributed by atoms with Gasteiger partial charge in [0.15, 0.2) is 0 Å². The maximum Gasteiger partial charge on any atom is 0.309 e. The van der Waals surface area contributed by atoms with Gasteiger partial charge in [-0.05, 0) is 44.9 Å². The molecule has 2 fully saturated rings. The van der Waals surface area contributed by atoms with Crippen molar-refractivity contribution in [3.8, 4) is 0 Å². The molecule has 0 amide bonds. The van der Waals surface area contributed by atoms with Crippen molar-refractivity contribution in [2.24, 2.45) is 11.8 Å². The first-order valence-corrected chi connectivity index (χ1v) is 12.1. The number of rotatable bonds is 12. The molecule has 6 nitrogen and oxygen atoms in total. The molecule has 0 aromatic carbocycles. The van der Waals surface area contributed by atoms with Gasteiger partial charge < -0.3 is 9.47 Å². The lowest BCUT2D eigenvalue weighted by atomic mass is 10.0. The number of hydrogen-bond acceptors (Lipinski definition) is 6. The predicted molar refractivity (Wildman–Crippen MR) is 97.0 cm³/mol. The van der Waals surface area contributed by atoms with Gasteiger partial charge in [-0.2, -0.15) is 0 Å². The van der Waals surface area contributed by atoms with Gasteiger partial charge in [-0.25, -0.2) is 0 Å². The van der Waals surface area contributed by atoms with Crippen molar-refractivity contribution in [1.29, 1.82) is 0 Å². The highest BCUT2D eigenvalue weighted by Gasteiger charge is 2.26. The van der Waals surface area contributed by atoms with E-state index in [2.05, 4.69) is 0 Å². The smallest absolute Gasteiger partial charge is 0.309 e. The van der Waals surface area contributed by atoms with E-state index in [-0.39, 0.29) is 23.8 Å². The second kappa shape index (κ2) is 11.1. The first-order valence-electron chi connectivity index (χ1n) is 9.09. The quantitative estimate of drug-likeness (QED) is 0.469. The van der Waals surface area contributed by atoms with Crippen molar-refractivity contribution < 1.29 is 27.5 Å². The van der Waals surface area contributed by atoms with E-state index >= 15 is 0 Å². The molecule has 0 spiro atoms. The summed E-state index contributed by atoms with van der Waals surface area (Å²) in [6.07, 6.45) is 5.29. The number of carbonyl (C=O) groups is 2. The largest absolute Gasteiger partial charge is 0.465 e. The van der Waals surface area contributed by atoms with Gasteiger partial charge in [-0.15, -0.1) is 0 Å². The number of esters is 2. The molecule has 25 heavy (non-hydrogen) atoms. The van der Waals surface area contributed by atoms with E-state index in [0.29, 0.717) is 42.6 Å². The Morgan fingerprint density at radius 1 is 0.720 bits per heavy atom. The summed E-state index contributed by atoms with van der Waals surface area (Å²) in [5, 5.41) is 0. The Morgan fingerprint density at radius 2 is 1.12 bits per heavy atom. The third-order valence-electron chi connectivity index (χ3n) is 4.68. The van der Waals surface area contributed by atoms with Crippen LogP contribution in [-0.4, -0.2) is 56.6 Å². The molecule has 2 aliphatic heterocycles. The molecular weight excluding hydrogens is 364 g/mol. The fourth-order valence-corrected chi connectivity index (χ4v) is 5.67. The SMILES string of the molecule is O=C1OCCC1CCCS(=O)CCCS(=O)CCCC1CCOC1=O. The predicted octanol–water partition coefficient (Wildman–Crippen LogP) is 1.56. The van der Waals surface area contributed by atoms with Gasteiger partial charge >= 0.3 is 11.9 Å². The van der Waals surface area contributed by atoms with Gasteiger partial charge in [0.1, 0.15) is 0 Å².